The lowest BCUT2D eigenvalue weighted by Crippen LogP contribution is -2.46. The van der Waals surface area contributed by atoms with Crippen molar-refractivity contribution < 1.29 is 9.90 Å². The van der Waals surface area contributed by atoms with Crippen molar-refractivity contribution in [3.63, 3.8) is 0 Å². The molecule has 0 saturated carbocycles. The summed E-state index contributed by atoms with van der Waals surface area (Å²) in [4.78, 5) is 14.6. The van der Waals surface area contributed by atoms with Gasteiger partial charge in [0.05, 0.1) is 12.6 Å². The van der Waals surface area contributed by atoms with Crippen molar-refractivity contribution in [3.05, 3.63) is 20.8 Å². The van der Waals surface area contributed by atoms with Crippen LogP contribution in [-0.2, 0) is 6.54 Å². The quantitative estimate of drug-likeness (QED) is 0.878. The van der Waals surface area contributed by atoms with Gasteiger partial charge in [-0.05, 0) is 34.8 Å². The van der Waals surface area contributed by atoms with E-state index in [2.05, 4.69) is 21.2 Å². The summed E-state index contributed by atoms with van der Waals surface area (Å²) in [6.07, 6.45) is 1.30. The molecule has 0 aliphatic carbocycles. The number of urea groups is 1. The van der Waals surface area contributed by atoms with Crippen molar-refractivity contribution >= 4 is 33.3 Å². The number of carbonyl (C=O) groups excluding carboxylic acids is 1. The highest BCUT2D eigenvalue weighted by molar-refractivity contribution is 9.10. The molecule has 1 aromatic rings. The molecule has 0 spiro atoms. The zero-order valence-electron chi connectivity index (χ0n) is 9.36. The van der Waals surface area contributed by atoms with Gasteiger partial charge >= 0.3 is 6.03 Å². The van der Waals surface area contributed by atoms with Crippen LogP contribution in [0.1, 0.15) is 17.7 Å². The van der Waals surface area contributed by atoms with E-state index in [1.54, 1.807) is 16.2 Å². The number of hydrogen-bond donors (Lipinski definition) is 2. The van der Waals surface area contributed by atoms with E-state index in [0.29, 0.717) is 13.1 Å². The summed E-state index contributed by atoms with van der Waals surface area (Å²) >= 11 is 4.99. The third-order valence-corrected chi connectivity index (χ3v) is 4.42. The summed E-state index contributed by atoms with van der Waals surface area (Å²) in [7, 11) is 0. The first-order valence-electron chi connectivity index (χ1n) is 5.59. The van der Waals surface area contributed by atoms with Crippen LogP contribution in [0.25, 0.3) is 0 Å². The summed E-state index contributed by atoms with van der Waals surface area (Å²) in [5, 5.41) is 14.4. The molecule has 2 N–H and O–H groups in total. The van der Waals surface area contributed by atoms with Gasteiger partial charge in [-0.1, -0.05) is 0 Å². The van der Waals surface area contributed by atoms with Gasteiger partial charge in [-0.25, -0.2) is 4.79 Å². The highest BCUT2D eigenvalue weighted by Crippen LogP contribution is 2.19. The summed E-state index contributed by atoms with van der Waals surface area (Å²) in [6.45, 7) is 1.72. The van der Waals surface area contributed by atoms with Crippen LogP contribution in [0, 0.1) is 0 Å². The molecule has 1 unspecified atom stereocenters. The maximum Gasteiger partial charge on any atom is 0.317 e. The predicted octanol–water partition coefficient (Wildman–Crippen LogP) is 2.18. The second-order valence-electron chi connectivity index (χ2n) is 4.13. The number of halogens is 1. The molecule has 1 saturated heterocycles. The van der Waals surface area contributed by atoms with Gasteiger partial charge in [-0.15, -0.1) is 11.3 Å². The van der Waals surface area contributed by atoms with Crippen molar-refractivity contribution in [1.29, 1.82) is 0 Å². The van der Waals surface area contributed by atoms with Crippen LogP contribution in [-0.4, -0.2) is 35.2 Å². The van der Waals surface area contributed by atoms with Crippen molar-refractivity contribution in [2.24, 2.45) is 0 Å². The lowest BCUT2D eigenvalue weighted by molar-refractivity contribution is 0.0842. The fourth-order valence-electron chi connectivity index (χ4n) is 1.86. The lowest BCUT2D eigenvalue weighted by atomic mass is 10.1. The maximum atomic E-state index is 11.8. The molecule has 2 rings (SSSR count). The standard InChI is InChI=1S/C11H15BrN2O2S/c12-8-4-10(17-7-8)5-13-11(16)14-3-1-2-9(15)6-14/h4,7,9,15H,1-3,5-6H2,(H,13,16). The summed E-state index contributed by atoms with van der Waals surface area (Å²) < 4.78 is 1.04. The molecule has 2 heterocycles. The first kappa shape index (κ1) is 12.9. The first-order valence-corrected chi connectivity index (χ1v) is 7.26. The average Bonchev–Trinajstić information content (AvgIpc) is 2.72. The van der Waals surface area contributed by atoms with Crippen LogP contribution in [0.3, 0.4) is 0 Å². The minimum atomic E-state index is -0.370. The van der Waals surface area contributed by atoms with Crippen LogP contribution >= 0.6 is 27.3 Å². The largest absolute Gasteiger partial charge is 0.391 e. The van der Waals surface area contributed by atoms with E-state index in [-0.39, 0.29) is 12.1 Å². The van der Waals surface area contributed by atoms with Gasteiger partial charge in [0.25, 0.3) is 0 Å². The zero-order chi connectivity index (χ0) is 12.3. The Kier molecular flexibility index (Phi) is 4.42. The highest BCUT2D eigenvalue weighted by atomic mass is 79.9. The molecule has 17 heavy (non-hydrogen) atoms. The van der Waals surface area contributed by atoms with E-state index in [1.165, 1.54) is 0 Å². The van der Waals surface area contributed by atoms with Crippen molar-refractivity contribution in [2.45, 2.75) is 25.5 Å². The third-order valence-electron chi connectivity index (χ3n) is 2.72. The second kappa shape index (κ2) is 5.84. The van der Waals surface area contributed by atoms with E-state index >= 15 is 0 Å². The van der Waals surface area contributed by atoms with Gasteiger partial charge in [0.2, 0.25) is 0 Å². The molecular weight excluding hydrogens is 304 g/mol. The summed E-state index contributed by atoms with van der Waals surface area (Å²) in [5.74, 6) is 0. The molecule has 0 radical (unpaired) electrons. The molecule has 1 aromatic heterocycles. The topological polar surface area (TPSA) is 52.6 Å². The molecule has 1 aliphatic rings. The van der Waals surface area contributed by atoms with Gasteiger partial charge in [-0.3, -0.25) is 0 Å². The van der Waals surface area contributed by atoms with E-state index in [9.17, 15) is 9.90 Å². The van der Waals surface area contributed by atoms with Crippen LogP contribution in [0.5, 0.6) is 0 Å². The number of rotatable bonds is 2. The van der Waals surface area contributed by atoms with Gasteiger partial charge in [0.15, 0.2) is 0 Å². The number of thiophene rings is 1. The first-order chi connectivity index (χ1) is 8.15. The zero-order valence-corrected chi connectivity index (χ0v) is 11.8. The molecule has 4 nitrogen and oxygen atoms in total. The Bertz CT molecular complexity index is 397. The van der Waals surface area contributed by atoms with Crippen molar-refractivity contribution in [2.75, 3.05) is 13.1 Å². The SMILES string of the molecule is O=C(NCc1cc(Br)cs1)N1CCCC(O)C1. The van der Waals surface area contributed by atoms with Crippen LogP contribution < -0.4 is 5.32 Å². The average molecular weight is 319 g/mol. The Balaban J connectivity index is 1.80. The molecule has 0 aromatic carbocycles. The molecule has 1 atom stereocenters. The van der Waals surface area contributed by atoms with Crippen LogP contribution in [0.15, 0.2) is 15.9 Å². The van der Waals surface area contributed by atoms with Crippen LogP contribution in [0.4, 0.5) is 4.79 Å². The molecule has 1 aliphatic heterocycles. The van der Waals surface area contributed by atoms with Gasteiger partial charge in [0.1, 0.15) is 0 Å². The molecule has 6 heteroatoms. The Morgan fingerprint density at radius 2 is 2.53 bits per heavy atom. The van der Waals surface area contributed by atoms with E-state index < -0.39 is 0 Å². The number of piperidine rings is 1. The fraction of sp³-hybridized carbons (Fsp3) is 0.545. The normalized spacial score (nSPS) is 20.4. The third kappa shape index (κ3) is 3.69. The number of aliphatic hydroxyl groups excluding tert-OH is 1. The number of hydrogen-bond acceptors (Lipinski definition) is 3. The number of likely N-dealkylation sites (tertiary alicyclic amines) is 1. The van der Waals surface area contributed by atoms with E-state index in [1.807, 2.05) is 11.4 Å². The Morgan fingerprint density at radius 3 is 3.18 bits per heavy atom. The van der Waals surface area contributed by atoms with Gasteiger partial charge in [-0.2, -0.15) is 0 Å². The summed E-state index contributed by atoms with van der Waals surface area (Å²) in [6, 6.07) is 1.91. The molecule has 0 bridgehead atoms. The number of aliphatic hydroxyl groups is 1. The Hall–Kier alpha value is -0.590. The van der Waals surface area contributed by atoms with Crippen molar-refractivity contribution in [1.82, 2.24) is 10.2 Å². The maximum absolute atomic E-state index is 11.8. The highest BCUT2D eigenvalue weighted by Gasteiger charge is 2.21. The number of β-amino-alcohol motifs (C(OH)–C–C–N with tert-alkyl or cyclic N) is 1. The smallest absolute Gasteiger partial charge is 0.317 e. The number of carbonyl (C=O) groups is 1. The Labute approximate surface area is 113 Å². The minimum absolute atomic E-state index is 0.0896. The molecule has 1 fully saturated rings. The summed E-state index contributed by atoms with van der Waals surface area (Å²) in [5.41, 5.74) is 0. The lowest BCUT2D eigenvalue weighted by Gasteiger charge is -2.30. The number of nitrogens with zero attached hydrogens (tertiary/aromatic N) is 1. The van der Waals surface area contributed by atoms with Gasteiger partial charge in [0, 0.05) is 27.8 Å². The van der Waals surface area contributed by atoms with E-state index in [0.717, 1.165) is 28.7 Å². The van der Waals surface area contributed by atoms with Crippen LogP contribution in [0.2, 0.25) is 0 Å². The minimum Gasteiger partial charge on any atom is -0.391 e. The number of amides is 2. The monoisotopic (exact) mass is 318 g/mol. The number of nitrogens with one attached hydrogen (secondary N) is 1. The van der Waals surface area contributed by atoms with Crippen molar-refractivity contribution in [3.8, 4) is 0 Å². The predicted molar refractivity (Wildman–Crippen MR) is 71.1 cm³/mol. The van der Waals surface area contributed by atoms with Gasteiger partial charge < -0.3 is 15.3 Å². The van der Waals surface area contributed by atoms with E-state index in [4.69, 9.17) is 0 Å². The second-order valence-corrected chi connectivity index (χ2v) is 6.04. The molecule has 94 valence electrons. The fourth-order valence-corrected chi connectivity index (χ4v) is 3.25. The Morgan fingerprint density at radius 1 is 1.71 bits per heavy atom. The molecule has 2 amide bonds. The molecular formula is C11H15BrN2O2S.